The van der Waals surface area contributed by atoms with Gasteiger partial charge in [-0.05, 0) is 54.8 Å². The number of nitrogens with zero attached hydrogens (tertiary/aromatic N) is 4. The first-order valence-electron chi connectivity index (χ1n) is 10.6. The molecular formula is C24H21F3N4O2. The lowest BCUT2D eigenvalue weighted by atomic mass is 9.84. The molecule has 1 aromatic carbocycles. The number of pyridine rings is 2. The molecule has 0 aliphatic carbocycles. The van der Waals surface area contributed by atoms with Gasteiger partial charge in [-0.2, -0.15) is 4.39 Å². The number of rotatable bonds is 4. The monoisotopic (exact) mass is 454 g/mol. The van der Waals surface area contributed by atoms with Crippen molar-refractivity contribution in [1.82, 2.24) is 14.9 Å². The van der Waals surface area contributed by atoms with Gasteiger partial charge in [-0.25, -0.2) is 13.8 Å². The molecule has 0 unspecified atom stereocenters. The van der Waals surface area contributed by atoms with Crippen molar-refractivity contribution in [2.75, 3.05) is 13.1 Å². The molecule has 0 amide bonds. The smallest absolute Gasteiger partial charge is 0.213 e. The lowest BCUT2D eigenvalue weighted by Crippen LogP contribution is -2.42. The standard InChI is InChI=1S/C24H21F3N4O2/c25-20-4-2-15(9-21(20)26)23(30-32)16-1-3-18(28-11-16)13-31-7-5-24(6-8-31)19-12-29-22(27)10-17(19)14-33-24/h1-4,9-12,32H,5-8,13-14H2/b30-23+. The van der Waals surface area contributed by atoms with Crippen molar-refractivity contribution in [3.8, 4) is 0 Å². The van der Waals surface area contributed by atoms with Crippen molar-refractivity contribution in [2.45, 2.75) is 31.6 Å². The van der Waals surface area contributed by atoms with E-state index in [0.29, 0.717) is 18.7 Å². The SMILES string of the molecule is O/N=C(/c1ccc(CN2CCC3(CC2)OCc2cc(F)ncc23)nc1)c1ccc(F)c(F)c1. The number of halogens is 3. The zero-order chi connectivity index (χ0) is 23.0. The van der Waals surface area contributed by atoms with Crippen LogP contribution in [0.5, 0.6) is 0 Å². The van der Waals surface area contributed by atoms with Crippen LogP contribution in [0.3, 0.4) is 0 Å². The maximum atomic E-state index is 13.6. The second kappa shape index (κ2) is 8.57. The van der Waals surface area contributed by atoms with Crippen LogP contribution in [0, 0.1) is 17.6 Å². The minimum Gasteiger partial charge on any atom is -0.410 e. The molecule has 33 heavy (non-hydrogen) atoms. The third-order valence-corrected chi connectivity index (χ3v) is 6.39. The van der Waals surface area contributed by atoms with Gasteiger partial charge in [-0.3, -0.25) is 9.88 Å². The summed E-state index contributed by atoms with van der Waals surface area (Å²) >= 11 is 0. The van der Waals surface area contributed by atoms with Gasteiger partial charge in [0.15, 0.2) is 11.6 Å². The Morgan fingerprint density at radius 3 is 2.48 bits per heavy atom. The molecular weight excluding hydrogens is 433 g/mol. The van der Waals surface area contributed by atoms with Crippen molar-refractivity contribution < 1.29 is 23.1 Å². The van der Waals surface area contributed by atoms with E-state index in [-0.39, 0.29) is 11.3 Å². The fraction of sp³-hybridized carbons (Fsp3) is 0.292. The average Bonchev–Trinajstić information content (AvgIpc) is 3.16. The van der Waals surface area contributed by atoms with Gasteiger partial charge in [0, 0.05) is 48.7 Å². The minimum absolute atomic E-state index is 0.106. The van der Waals surface area contributed by atoms with Crippen LogP contribution in [0.2, 0.25) is 0 Å². The maximum Gasteiger partial charge on any atom is 0.213 e. The summed E-state index contributed by atoms with van der Waals surface area (Å²) in [5.74, 6) is -2.47. The number of piperidine rings is 1. The topological polar surface area (TPSA) is 70.8 Å². The van der Waals surface area contributed by atoms with Gasteiger partial charge >= 0.3 is 0 Å². The van der Waals surface area contributed by atoms with E-state index in [4.69, 9.17) is 4.74 Å². The highest BCUT2D eigenvalue weighted by Gasteiger charge is 2.43. The zero-order valence-corrected chi connectivity index (χ0v) is 17.6. The molecule has 5 rings (SSSR count). The Kier molecular flexibility index (Phi) is 5.59. The third kappa shape index (κ3) is 4.09. The molecule has 2 aromatic heterocycles. The van der Waals surface area contributed by atoms with Crippen molar-refractivity contribution in [3.05, 3.63) is 94.3 Å². The average molecular weight is 454 g/mol. The van der Waals surface area contributed by atoms with Crippen LogP contribution in [0.1, 0.15) is 40.8 Å². The van der Waals surface area contributed by atoms with E-state index < -0.39 is 23.2 Å². The Morgan fingerprint density at radius 1 is 1.00 bits per heavy atom. The highest BCUT2D eigenvalue weighted by molar-refractivity contribution is 6.12. The van der Waals surface area contributed by atoms with Crippen molar-refractivity contribution in [1.29, 1.82) is 0 Å². The van der Waals surface area contributed by atoms with Gasteiger partial charge in [0.05, 0.1) is 17.9 Å². The number of likely N-dealkylation sites (tertiary alicyclic amines) is 1. The number of hydrogen-bond donors (Lipinski definition) is 1. The first kappa shape index (κ1) is 21.5. The molecule has 3 aromatic rings. The summed E-state index contributed by atoms with van der Waals surface area (Å²) in [4.78, 5) is 10.5. The Balaban J connectivity index is 1.24. The summed E-state index contributed by atoms with van der Waals surface area (Å²) in [6, 6.07) is 8.32. The Hall–Kier alpha value is -3.30. The fourth-order valence-corrected chi connectivity index (χ4v) is 4.59. The lowest BCUT2D eigenvalue weighted by Gasteiger charge is -2.39. The van der Waals surface area contributed by atoms with Gasteiger partial charge in [0.1, 0.15) is 5.71 Å². The molecule has 2 aliphatic heterocycles. The predicted octanol–water partition coefficient (Wildman–Crippen LogP) is 4.14. The summed E-state index contributed by atoms with van der Waals surface area (Å²) in [6.07, 6.45) is 4.71. The second-order valence-corrected chi connectivity index (χ2v) is 8.34. The van der Waals surface area contributed by atoms with E-state index >= 15 is 0 Å². The third-order valence-electron chi connectivity index (χ3n) is 6.39. The van der Waals surface area contributed by atoms with Crippen LogP contribution >= 0.6 is 0 Å². The fourth-order valence-electron chi connectivity index (χ4n) is 4.59. The van der Waals surface area contributed by atoms with Crippen molar-refractivity contribution >= 4 is 5.71 Å². The predicted molar refractivity (Wildman–Crippen MR) is 113 cm³/mol. The molecule has 170 valence electrons. The van der Waals surface area contributed by atoms with Crippen LogP contribution in [-0.4, -0.2) is 38.9 Å². The summed E-state index contributed by atoms with van der Waals surface area (Å²) in [7, 11) is 0. The van der Waals surface area contributed by atoms with E-state index in [9.17, 15) is 18.4 Å². The molecule has 4 heterocycles. The van der Waals surface area contributed by atoms with E-state index in [1.54, 1.807) is 18.5 Å². The number of benzene rings is 1. The number of ether oxygens (including phenoxy) is 1. The molecule has 0 radical (unpaired) electrons. The van der Waals surface area contributed by atoms with Crippen molar-refractivity contribution in [2.24, 2.45) is 5.16 Å². The van der Waals surface area contributed by atoms with Crippen LogP contribution in [0.25, 0.3) is 0 Å². The van der Waals surface area contributed by atoms with E-state index in [1.807, 2.05) is 6.07 Å². The first-order chi connectivity index (χ1) is 16.0. The molecule has 1 saturated heterocycles. The Labute approximate surface area is 188 Å². The number of fused-ring (bicyclic) bond motifs is 2. The van der Waals surface area contributed by atoms with Gasteiger partial charge in [0.2, 0.25) is 5.95 Å². The molecule has 1 N–H and O–H groups in total. The number of hydrogen-bond acceptors (Lipinski definition) is 6. The molecule has 6 nitrogen and oxygen atoms in total. The van der Waals surface area contributed by atoms with Gasteiger partial charge in [0.25, 0.3) is 0 Å². The Bertz CT molecular complexity index is 1210. The zero-order valence-electron chi connectivity index (χ0n) is 17.6. The summed E-state index contributed by atoms with van der Waals surface area (Å²) in [5.41, 5.74) is 3.12. The highest BCUT2D eigenvalue weighted by Crippen LogP contribution is 2.44. The van der Waals surface area contributed by atoms with Crippen LogP contribution < -0.4 is 0 Å². The summed E-state index contributed by atoms with van der Waals surface area (Å²) in [6.45, 7) is 2.61. The van der Waals surface area contributed by atoms with Gasteiger partial charge in [-0.1, -0.05) is 5.16 Å². The van der Waals surface area contributed by atoms with E-state index in [1.165, 1.54) is 12.1 Å². The van der Waals surface area contributed by atoms with E-state index in [2.05, 4.69) is 20.0 Å². The summed E-state index contributed by atoms with van der Waals surface area (Å²) in [5, 5.41) is 12.7. The Morgan fingerprint density at radius 2 is 1.79 bits per heavy atom. The minimum atomic E-state index is -1.02. The lowest BCUT2D eigenvalue weighted by molar-refractivity contribution is -0.0801. The van der Waals surface area contributed by atoms with Crippen LogP contribution in [0.4, 0.5) is 13.2 Å². The van der Waals surface area contributed by atoms with Crippen LogP contribution in [0.15, 0.2) is 53.9 Å². The maximum absolute atomic E-state index is 13.6. The molecule has 1 fully saturated rings. The summed E-state index contributed by atoms with van der Waals surface area (Å²) < 4.78 is 46.3. The largest absolute Gasteiger partial charge is 0.410 e. The van der Waals surface area contributed by atoms with Gasteiger partial charge in [-0.15, -0.1) is 0 Å². The molecule has 0 atom stereocenters. The quantitative estimate of drug-likeness (QED) is 0.278. The van der Waals surface area contributed by atoms with Crippen molar-refractivity contribution in [3.63, 3.8) is 0 Å². The molecule has 1 spiro atoms. The molecule has 0 saturated carbocycles. The van der Waals surface area contributed by atoms with Crippen LogP contribution in [-0.2, 0) is 23.5 Å². The number of aromatic nitrogens is 2. The van der Waals surface area contributed by atoms with Gasteiger partial charge < -0.3 is 9.94 Å². The molecule has 0 bridgehead atoms. The normalized spacial score (nSPS) is 18.0. The first-order valence-corrected chi connectivity index (χ1v) is 10.6. The number of oxime groups is 1. The highest BCUT2D eigenvalue weighted by atomic mass is 19.2. The second-order valence-electron chi connectivity index (χ2n) is 8.34. The molecule has 2 aliphatic rings. The molecule has 9 heteroatoms. The van der Waals surface area contributed by atoms with E-state index in [0.717, 1.165) is 54.9 Å².